The molecule has 24 heavy (non-hydrogen) atoms. The van der Waals surface area contributed by atoms with Crippen LogP contribution in [0.15, 0.2) is 34.1 Å². The van der Waals surface area contributed by atoms with E-state index in [1.165, 1.54) is 41.8 Å². The van der Waals surface area contributed by atoms with Crippen LogP contribution in [0.3, 0.4) is 0 Å². The summed E-state index contributed by atoms with van der Waals surface area (Å²) in [5.41, 5.74) is -1.18. The fourth-order valence-electron chi connectivity index (χ4n) is 2.43. The highest BCUT2D eigenvalue weighted by atomic mass is 19.1. The number of aromatic nitrogens is 4. The molecular weight excluding hydrogens is 319 g/mol. The Morgan fingerprint density at radius 1 is 1.38 bits per heavy atom. The number of aryl methyl sites for hydroxylation is 1. The third-order valence-corrected chi connectivity index (χ3v) is 3.66. The summed E-state index contributed by atoms with van der Waals surface area (Å²) in [6.07, 6.45) is 1.26. The number of Topliss-reactive ketones (excluding diaryl/α,β-unsaturated/α-hetero) is 1. The molecule has 0 atom stereocenters. The number of hydrogen-bond acceptors (Lipinski definition) is 5. The molecule has 2 aromatic heterocycles. The largest absolute Gasteiger partial charge is 0.497 e. The lowest BCUT2D eigenvalue weighted by Gasteiger charge is -2.08. The van der Waals surface area contributed by atoms with Crippen molar-refractivity contribution >= 4 is 16.9 Å². The summed E-state index contributed by atoms with van der Waals surface area (Å²) in [5, 5.41) is 0. The number of halogens is 1. The Hall–Kier alpha value is -3.23. The second kappa shape index (κ2) is 5.76. The molecule has 0 fully saturated rings. The number of H-pyrrole nitrogens is 1. The number of nitrogens with zero attached hydrogens (tertiary/aromatic N) is 3. The van der Waals surface area contributed by atoms with Gasteiger partial charge in [0.15, 0.2) is 11.3 Å². The predicted octanol–water partition coefficient (Wildman–Crippen LogP) is 0.454. The molecule has 0 amide bonds. The number of ketones is 1. The second-order valence-electron chi connectivity index (χ2n) is 5.13. The van der Waals surface area contributed by atoms with Gasteiger partial charge in [-0.2, -0.15) is 0 Å². The average Bonchev–Trinajstić information content (AvgIpc) is 2.96. The third kappa shape index (κ3) is 2.49. The van der Waals surface area contributed by atoms with Crippen LogP contribution in [0.25, 0.3) is 11.2 Å². The first kappa shape index (κ1) is 15.7. The van der Waals surface area contributed by atoms with Gasteiger partial charge in [-0.3, -0.25) is 19.1 Å². The summed E-state index contributed by atoms with van der Waals surface area (Å²) < 4.78 is 21.4. The zero-order valence-corrected chi connectivity index (χ0v) is 12.9. The maximum atomic E-state index is 14.0. The average molecular weight is 332 g/mol. The van der Waals surface area contributed by atoms with E-state index in [1.807, 2.05) is 0 Å². The topological polar surface area (TPSA) is 99.0 Å². The van der Waals surface area contributed by atoms with E-state index in [9.17, 15) is 18.8 Å². The Morgan fingerprint density at radius 3 is 2.79 bits per heavy atom. The lowest BCUT2D eigenvalue weighted by molar-refractivity contribution is 0.0969. The SMILES string of the molecule is COc1ccc(C(=O)Cn2cnc3c(=O)[nH]c(=O)n(C)c32)c(F)c1. The number of rotatable bonds is 4. The van der Waals surface area contributed by atoms with Crippen LogP contribution < -0.4 is 16.0 Å². The van der Waals surface area contributed by atoms with Crippen molar-refractivity contribution in [3.63, 3.8) is 0 Å². The summed E-state index contributed by atoms with van der Waals surface area (Å²) in [5.74, 6) is -0.941. The van der Waals surface area contributed by atoms with Crippen LogP contribution >= 0.6 is 0 Å². The number of benzene rings is 1. The number of nitrogens with one attached hydrogen (secondary N) is 1. The van der Waals surface area contributed by atoms with E-state index in [-0.39, 0.29) is 23.3 Å². The Labute approximate surface area is 134 Å². The highest BCUT2D eigenvalue weighted by molar-refractivity contribution is 5.96. The first-order chi connectivity index (χ1) is 11.4. The normalized spacial score (nSPS) is 11.0. The minimum absolute atomic E-state index is 0.0279. The van der Waals surface area contributed by atoms with E-state index in [0.29, 0.717) is 5.75 Å². The van der Waals surface area contributed by atoms with E-state index in [2.05, 4.69) is 9.97 Å². The Bertz CT molecular complexity index is 1060. The summed E-state index contributed by atoms with van der Waals surface area (Å²) in [4.78, 5) is 41.8. The van der Waals surface area contributed by atoms with Crippen molar-refractivity contribution in [2.24, 2.45) is 7.05 Å². The summed E-state index contributed by atoms with van der Waals surface area (Å²) in [6, 6.07) is 3.91. The maximum Gasteiger partial charge on any atom is 0.329 e. The number of ether oxygens (including phenoxy) is 1. The molecule has 0 aliphatic heterocycles. The van der Waals surface area contributed by atoms with E-state index in [0.717, 1.165) is 6.07 Å². The molecule has 9 heteroatoms. The van der Waals surface area contributed by atoms with Gasteiger partial charge in [-0.1, -0.05) is 0 Å². The standard InChI is InChI=1S/C15H13FN4O4/c1-19-14-12(13(22)18-15(19)23)17-7-20(14)6-11(21)9-4-3-8(24-2)5-10(9)16/h3-5,7H,6H2,1-2H3,(H,18,22,23). The van der Waals surface area contributed by atoms with Crippen LogP contribution in [0.2, 0.25) is 0 Å². The molecule has 3 aromatic rings. The van der Waals surface area contributed by atoms with Gasteiger partial charge in [-0.25, -0.2) is 14.2 Å². The van der Waals surface area contributed by atoms with Crippen molar-refractivity contribution < 1.29 is 13.9 Å². The quantitative estimate of drug-likeness (QED) is 0.700. The Balaban J connectivity index is 2.03. The van der Waals surface area contributed by atoms with Gasteiger partial charge in [0, 0.05) is 13.1 Å². The van der Waals surface area contributed by atoms with Crippen molar-refractivity contribution in [1.82, 2.24) is 19.1 Å². The molecular formula is C15H13FN4O4. The first-order valence-electron chi connectivity index (χ1n) is 6.93. The monoisotopic (exact) mass is 332 g/mol. The fourth-order valence-corrected chi connectivity index (χ4v) is 2.43. The molecule has 0 saturated heterocycles. The number of imidazole rings is 1. The first-order valence-corrected chi connectivity index (χ1v) is 6.93. The molecule has 1 aromatic carbocycles. The van der Waals surface area contributed by atoms with Crippen LogP contribution in [0.5, 0.6) is 5.75 Å². The van der Waals surface area contributed by atoms with Gasteiger partial charge in [0.2, 0.25) is 0 Å². The summed E-state index contributed by atoms with van der Waals surface area (Å²) in [7, 11) is 2.84. The molecule has 124 valence electrons. The van der Waals surface area contributed by atoms with Crippen molar-refractivity contribution in [2.45, 2.75) is 6.54 Å². The van der Waals surface area contributed by atoms with Crippen molar-refractivity contribution in [1.29, 1.82) is 0 Å². The highest BCUT2D eigenvalue weighted by Gasteiger charge is 2.17. The third-order valence-electron chi connectivity index (χ3n) is 3.66. The molecule has 0 bridgehead atoms. The number of carbonyl (C=O) groups is 1. The molecule has 0 radical (unpaired) electrons. The molecule has 0 spiro atoms. The summed E-state index contributed by atoms with van der Waals surface area (Å²) in [6.45, 7) is -0.267. The van der Waals surface area contributed by atoms with Gasteiger partial charge >= 0.3 is 5.69 Å². The van der Waals surface area contributed by atoms with Gasteiger partial charge in [0.25, 0.3) is 5.56 Å². The van der Waals surface area contributed by atoms with Crippen LogP contribution in [0.4, 0.5) is 4.39 Å². The van der Waals surface area contributed by atoms with Crippen LogP contribution in [-0.4, -0.2) is 32.0 Å². The molecule has 0 aliphatic carbocycles. The second-order valence-corrected chi connectivity index (χ2v) is 5.13. The lowest BCUT2D eigenvalue weighted by atomic mass is 10.1. The van der Waals surface area contributed by atoms with Crippen LogP contribution in [0, 0.1) is 5.82 Å². The zero-order valence-electron chi connectivity index (χ0n) is 12.9. The van der Waals surface area contributed by atoms with Crippen LogP contribution in [-0.2, 0) is 13.6 Å². The Morgan fingerprint density at radius 2 is 2.12 bits per heavy atom. The number of hydrogen-bond donors (Lipinski definition) is 1. The molecule has 0 saturated carbocycles. The number of methoxy groups -OCH3 is 1. The molecule has 8 nitrogen and oxygen atoms in total. The Kier molecular flexibility index (Phi) is 3.76. The van der Waals surface area contributed by atoms with E-state index >= 15 is 0 Å². The predicted molar refractivity (Wildman–Crippen MR) is 82.9 cm³/mol. The van der Waals surface area contributed by atoms with Crippen molar-refractivity contribution in [2.75, 3.05) is 7.11 Å². The van der Waals surface area contributed by atoms with Gasteiger partial charge in [-0.05, 0) is 12.1 Å². The lowest BCUT2D eigenvalue weighted by Crippen LogP contribution is -2.29. The number of carbonyl (C=O) groups excluding carboxylic acids is 1. The number of aromatic amines is 1. The zero-order chi connectivity index (χ0) is 17.4. The number of fused-ring (bicyclic) bond motifs is 1. The molecule has 1 N–H and O–H groups in total. The highest BCUT2D eigenvalue weighted by Crippen LogP contribution is 2.17. The summed E-state index contributed by atoms with van der Waals surface area (Å²) >= 11 is 0. The van der Waals surface area contributed by atoms with Gasteiger partial charge in [0.1, 0.15) is 17.2 Å². The molecule has 3 rings (SSSR count). The molecule has 0 unspecified atom stereocenters. The minimum Gasteiger partial charge on any atom is -0.497 e. The molecule has 0 aliphatic rings. The van der Waals surface area contributed by atoms with Gasteiger partial charge in [0.05, 0.1) is 25.5 Å². The minimum atomic E-state index is -0.712. The van der Waals surface area contributed by atoms with Gasteiger partial charge in [-0.15, -0.1) is 0 Å². The van der Waals surface area contributed by atoms with E-state index < -0.39 is 22.8 Å². The van der Waals surface area contributed by atoms with Crippen molar-refractivity contribution in [3.8, 4) is 5.75 Å². The smallest absolute Gasteiger partial charge is 0.329 e. The van der Waals surface area contributed by atoms with Crippen molar-refractivity contribution in [3.05, 3.63) is 56.7 Å². The molecule has 2 heterocycles. The fraction of sp³-hybridized carbons (Fsp3) is 0.200. The van der Waals surface area contributed by atoms with E-state index in [4.69, 9.17) is 4.74 Å². The van der Waals surface area contributed by atoms with E-state index in [1.54, 1.807) is 0 Å². The van der Waals surface area contributed by atoms with Crippen LogP contribution in [0.1, 0.15) is 10.4 Å². The maximum absolute atomic E-state index is 14.0. The van der Waals surface area contributed by atoms with Gasteiger partial charge < -0.3 is 9.30 Å².